The van der Waals surface area contributed by atoms with E-state index in [1.165, 1.54) is 36.4 Å². The maximum Gasteiger partial charge on any atom is 0.283 e. The average molecular weight is 322 g/mol. The number of carbonyl (C=O) groups is 1. The van der Waals surface area contributed by atoms with Crippen LogP contribution in [0.1, 0.15) is 10.4 Å². The Bertz CT molecular complexity index is 761. The number of non-ortho nitro benzene ring substituents is 1. The molecule has 0 aromatic heterocycles. The van der Waals surface area contributed by atoms with Crippen LogP contribution in [0.2, 0.25) is 5.02 Å². The van der Waals surface area contributed by atoms with Crippen LogP contribution in [0.3, 0.4) is 0 Å². The first-order valence-corrected chi connectivity index (χ1v) is 6.26. The Morgan fingerprint density at radius 1 is 1.00 bits per heavy atom. The van der Waals surface area contributed by atoms with E-state index in [1.807, 2.05) is 0 Å². The maximum absolute atomic E-state index is 12.1. The monoisotopic (exact) mass is 321 g/mol. The maximum atomic E-state index is 12.1. The van der Waals surface area contributed by atoms with E-state index in [9.17, 15) is 25.0 Å². The molecule has 2 aromatic carbocycles. The predicted octanol–water partition coefficient (Wildman–Crippen LogP) is 3.41. The fraction of sp³-hybridized carbons (Fsp3) is 0. The van der Waals surface area contributed by atoms with Gasteiger partial charge in [-0.05, 0) is 24.3 Å². The SMILES string of the molecule is O=C(Nc1ccc([N+](=O)[O-])cc1)c1ccc(Cl)cc1[N+](=O)[O-]. The van der Waals surface area contributed by atoms with Crippen LogP contribution in [0, 0.1) is 20.2 Å². The first-order valence-electron chi connectivity index (χ1n) is 5.88. The van der Waals surface area contributed by atoms with E-state index in [1.54, 1.807) is 0 Å². The molecule has 0 aliphatic carbocycles. The van der Waals surface area contributed by atoms with E-state index in [0.29, 0.717) is 0 Å². The Morgan fingerprint density at radius 3 is 2.18 bits per heavy atom. The molecule has 1 amide bonds. The molecule has 0 heterocycles. The van der Waals surface area contributed by atoms with Crippen molar-refractivity contribution in [3.8, 4) is 0 Å². The standard InChI is InChI=1S/C13H8ClN3O5/c14-8-1-6-11(12(7-8)17(21)22)13(18)15-9-2-4-10(5-3-9)16(19)20/h1-7H,(H,15,18). The van der Waals surface area contributed by atoms with Crippen LogP contribution in [-0.2, 0) is 0 Å². The number of carbonyl (C=O) groups excluding carboxylic acids is 1. The number of halogens is 1. The Kier molecular flexibility index (Phi) is 4.33. The van der Waals surface area contributed by atoms with E-state index < -0.39 is 21.4 Å². The fourth-order valence-electron chi connectivity index (χ4n) is 1.71. The van der Waals surface area contributed by atoms with Gasteiger partial charge in [-0.1, -0.05) is 11.6 Å². The zero-order chi connectivity index (χ0) is 16.3. The molecule has 0 fully saturated rings. The zero-order valence-corrected chi connectivity index (χ0v) is 11.6. The predicted molar refractivity (Wildman–Crippen MR) is 79.2 cm³/mol. The number of anilines is 1. The minimum absolute atomic E-state index is 0.129. The third-order valence-electron chi connectivity index (χ3n) is 2.74. The average Bonchev–Trinajstić information content (AvgIpc) is 2.47. The van der Waals surface area contributed by atoms with Crippen LogP contribution in [0.15, 0.2) is 42.5 Å². The molecule has 0 bridgehead atoms. The molecular formula is C13H8ClN3O5. The van der Waals surface area contributed by atoms with Gasteiger partial charge >= 0.3 is 0 Å². The molecular weight excluding hydrogens is 314 g/mol. The summed E-state index contributed by atoms with van der Waals surface area (Å²) in [6.07, 6.45) is 0. The molecule has 0 aliphatic rings. The lowest BCUT2D eigenvalue weighted by molar-refractivity contribution is -0.385. The summed E-state index contributed by atoms with van der Waals surface area (Å²) in [6.45, 7) is 0. The highest BCUT2D eigenvalue weighted by molar-refractivity contribution is 6.31. The van der Waals surface area contributed by atoms with Gasteiger partial charge in [0.2, 0.25) is 0 Å². The molecule has 0 atom stereocenters. The molecule has 2 aromatic rings. The summed E-state index contributed by atoms with van der Waals surface area (Å²) in [5.41, 5.74) is -0.435. The molecule has 112 valence electrons. The van der Waals surface area contributed by atoms with Gasteiger partial charge in [-0.25, -0.2) is 0 Å². The molecule has 0 saturated heterocycles. The second-order valence-corrected chi connectivity index (χ2v) is 4.61. The number of amides is 1. The highest BCUT2D eigenvalue weighted by atomic mass is 35.5. The van der Waals surface area contributed by atoms with E-state index in [2.05, 4.69) is 5.32 Å². The second kappa shape index (κ2) is 6.19. The van der Waals surface area contributed by atoms with Crippen molar-refractivity contribution in [2.24, 2.45) is 0 Å². The summed E-state index contributed by atoms with van der Waals surface area (Å²) < 4.78 is 0. The number of nitro groups is 2. The van der Waals surface area contributed by atoms with Crippen molar-refractivity contribution in [1.29, 1.82) is 0 Å². The summed E-state index contributed by atoms with van der Waals surface area (Å²) in [7, 11) is 0. The van der Waals surface area contributed by atoms with Gasteiger partial charge in [0.25, 0.3) is 17.3 Å². The van der Waals surface area contributed by atoms with Crippen LogP contribution in [0.25, 0.3) is 0 Å². The van der Waals surface area contributed by atoms with Crippen molar-refractivity contribution < 1.29 is 14.6 Å². The van der Waals surface area contributed by atoms with Crippen LogP contribution in [-0.4, -0.2) is 15.8 Å². The smallest absolute Gasteiger partial charge is 0.283 e. The molecule has 8 nitrogen and oxygen atoms in total. The summed E-state index contributed by atoms with van der Waals surface area (Å²) in [4.78, 5) is 32.3. The quantitative estimate of drug-likeness (QED) is 0.684. The Morgan fingerprint density at radius 2 is 1.64 bits per heavy atom. The van der Waals surface area contributed by atoms with Crippen molar-refractivity contribution in [1.82, 2.24) is 0 Å². The topological polar surface area (TPSA) is 115 Å². The van der Waals surface area contributed by atoms with Crippen molar-refractivity contribution in [3.05, 3.63) is 73.3 Å². The molecule has 0 aliphatic heterocycles. The van der Waals surface area contributed by atoms with Gasteiger partial charge in [-0.3, -0.25) is 25.0 Å². The third-order valence-corrected chi connectivity index (χ3v) is 2.97. The molecule has 0 spiro atoms. The number of hydrogen-bond donors (Lipinski definition) is 1. The normalized spacial score (nSPS) is 10.0. The van der Waals surface area contributed by atoms with Crippen molar-refractivity contribution in [3.63, 3.8) is 0 Å². The van der Waals surface area contributed by atoms with E-state index >= 15 is 0 Å². The van der Waals surface area contributed by atoms with Crippen LogP contribution < -0.4 is 5.32 Å². The minimum atomic E-state index is -0.712. The number of benzene rings is 2. The zero-order valence-electron chi connectivity index (χ0n) is 10.9. The largest absolute Gasteiger partial charge is 0.322 e. The van der Waals surface area contributed by atoms with Crippen LogP contribution >= 0.6 is 11.6 Å². The Labute approximate surface area is 128 Å². The lowest BCUT2D eigenvalue weighted by Crippen LogP contribution is -2.13. The lowest BCUT2D eigenvalue weighted by atomic mass is 10.1. The first-order chi connectivity index (χ1) is 10.4. The minimum Gasteiger partial charge on any atom is -0.322 e. The van der Waals surface area contributed by atoms with E-state index in [4.69, 9.17) is 11.6 Å². The van der Waals surface area contributed by atoms with Crippen LogP contribution in [0.4, 0.5) is 17.1 Å². The molecule has 2 rings (SSSR count). The van der Waals surface area contributed by atoms with Gasteiger partial charge in [0.15, 0.2) is 0 Å². The number of hydrogen-bond acceptors (Lipinski definition) is 5. The van der Waals surface area contributed by atoms with Gasteiger partial charge in [0, 0.05) is 28.9 Å². The number of nitrogens with zero attached hydrogens (tertiary/aromatic N) is 2. The summed E-state index contributed by atoms with van der Waals surface area (Å²) in [6, 6.07) is 8.76. The molecule has 0 unspecified atom stereocenters. The van der Waals surface area contributed by atoms with E-state index in [-0.39, 0.29) is 22.0 Å². The van der Waals surface area contributed by atoms with Crippen molar-refractivity contribution >= 4 is 34.6 Å². The summed E-state index contributed by atoms with van der Waals surface area (Å²) >= 11 is 5.67. The number of nitro benzene ring substituents is 2. The molecule has 1 N–H and O–H groups in total. The lowest BCUT2D eigenvalue weighted by Gasteiger charge is -2.06. The number of rotatable bonds is 4. The van der Waals surface area contributed by atoms with Gasteiger partial charge in [0.1, 0.15) is 5.56 Å². The highest BCUT2D eigenvalue weighted by Crippen LogP contribution is 2.24. The second-order valence-electron chi connectivity index (χ2n) is 4.18. The van der Waals surface area contributed by atoms with Gasteiger partial charge < -0.3 is 5.32 Å². The fourth-order valence-corrected chi connectivity index (χ4v) is 1.88. The highest BCUT2D eigenvalue weighted by Gasteiger charge is 2.20. The summed E-state index contributed by atoms with van der Waals surface area (Å²) in [5, 5.41) is 24.0. The Balaban J connectivity index is 2.26. The molecule has 22 heavy (non-hydrogen) atoms. The van der Waals surface area contributed by atoms with Crippen LogP contribution in [0.5, 0.6) is 0 Å². The molecule has 9 heteroatoms. The molecule has 0 radical (unpaired) electrons. The van der Waals surface area contributed by atoms with Crippen molar-refractivity contribution in [2.45, 2.75) is 0 Å². The summed E-state index contributed by atoms with van der Waals surface area (Å²) in [5.74, 6) is -0.711. The molecule has 0 saturated carbocycles. The van der Waals surface area contributed by atoms with Gasteiger partial charge in [-0.2, -0.15) is 0 Å². The van der Waals surface area contributed by atoms with Gasteiger partial charge in [0.05, 0.1) is 9.85 Å². The van der Waals surface area contributed by atoms with Crippen molar-refractivity contribution in [2.75, 3.05) is 5.32 Å². The van der Waals surface area contributed by atoms with Gasteiger partial charge in [-0.15, -0.1) is 0 Å². The first kappa shape index (κ1) is 15.4. The number of nitrogens with one attached hydrogen (secondary N) is 1. The van der Waals surface area contributed by atoms with E-state index in [0.717, 1.165) is 6.07 Å². The Hall–Kier alpha value is -3.00. The third kappa shape index (κ3) is 3.36.